The van der Waals surface area contributed by atoms with E-state index < -0.39 is 6.10 Å². The van der Waals surface area contributed by atoms with Crippen LogP contribution in [0.5, 0.6) is 5.75 Å². The van der Waals surface area contributed by atoms with Crippen LogP contribution in [0.4, 0.5) is 0 Å². The first kappa shape index (κ1) is 15.3. The van der Waals surface area contributed by atoms with E-state index in [2.05, 4.69) is 18.7 Å². The zero-order valence-electron chi connectivity index (χ0n) is 13.1. The van der Waals surface area contributed by atoms with E-state index in [9.17, 15) is 5.11 Å². The number of hydrogen-bond acceptors (Lipinski definition) is 3. The molecule has 0 aromatic heterocycles. The van der Waals surface area contributed by atoms with Gasteiger partial charge in [0.1, 0.15) is 5.75 Å². The number of likely N-dealkylation sites (tertiary alicyclic amines) is 1. The van der Waals surface area contributed by atoms with Gasteiger partial charge in [-0.3, -0.25) is 4.90 Å². The standard InChI is InChI=1S/C17H27NO2/c1-12-8-9-17(20-4)15(10-12)16(19)11-18-13(2)6-5-7-14(18)3/h8-10,13-14,16,19H,5-7,11H2,1-4H3/t13-,14+,16?. The Kier molecular flexibility index (Phi) is 5.06. The van der Waals surface area contributed by atoms with E-state index in [1.54, 1.807) is 7.11 Å². The zero-order chi connectivity index (χ0) is 14.7. The highest BCUT2D eigenvalue weighted by Gasteiger charge is 2.27. The fourth-order valence-corrected chi connectivity index (χ4v) is 3.25. The summed E-state index contributed by atoms with van der Waals surface area (Å²) in [5, 5.41) is 10.6. The Balaban J connectivity index is 2.14. The molecular formula is C17H27NO2. The summed E-state index contributed by atoms with van der Waals surface area (Å²) in [6.45, 7) is 7.25. The number of aryl methyl sites for hydroxylation is 1. The second kappa shape index (κ2) is 6.59. The molecule has 1 unspecified atom stereocenters. The third kappa shape index (κ3) is 3.33. The van der Waals surface area contributed by atoms with E-state index in [1.165, 1.54) is 19.3 Å². The molecular weight excluding hydrogens is 250 g/mol. The lowest BCUT2D eigenvalue weighted by atomic mass is 9.96. The third-order valence-corrected chi connectivity index (χ3v) is 4.50. The Hall–Kier alpha value is -1.06. The fourth-order valence-electron chi connectivity index (χ4n) is 3.25. The minimum atomic E-state index is -0.493. The molecule has 112 valence electrons. The molecule has 2 rings (SSSR count). The minimum absolute atomic E-state index is 0.493. The number of nitrogens with zero attached hydrogens (tertiary/aromatic N) is 1. The van der Waals surface area contributed by atoms with Crippen molar-refractivity contribution in [3.63, 3.8) is 0 Å². The highest BCUT2D eigenvalue weighted by Crippen LogP contribution is 2.30. The van der Waals surface area contributed by atoms with Crippen molar-refractivity contribution >= 4 is 0 Å². The Bertz CT molecular complexity index is 437. The van der Waals surface area contributed by atoms with Crippen LogP contribution in [0.2, 0.25) is 0 Å². The molecule has 1 saturated heterocycles. The number of rotatable bonds is 4. The molecule has 20 heavy (non-hydrogen) atoms. The first-order valence-electron chi connectivity index (χ1n) is 7.61. The predicted octanol–water partition coefficient (Wildman–Crippen LogP) is 3.30. The van der Waals surface area contributed by atoms with E-state index in [0.29, 0.717) is 18.6 Å². The van der Waals surface area contributed by atoms with Crippen molar-refractivity contribution < 1.29 is 9.84 Å². The van der Waals surface area contributed by atoms with Gasteiger partial charge in [0.05, 0.1) is 13.2 Å². The number of β-amino-alcohol motifs (C(OH)–C–C–N with tert-alkyl or cyclic N) is 1. The van der Waals surface area contributed by atoms with Crippen LogP contribution in [0.1, 0.15) is 50.3 Å². The van der Waals surface area contributed by atoms with E-state index in [1.807, 2.05) is 25.1 Å². The van der Waals surface area contributed by atoms with E-state index >= 15 is 0 Å². The predicted molar refractivity (Wildman–Crippen MR) is 82.2 cm³/mol. The zero-order valence-corrected chi connectivity index (χ0v) is 13.1. The van der Waals surface area contributed by atoms with Gasteiger partial charge < -0.3 is 9.84 Å². The van der Waals surface area contributed by atoms with Crippen molar-refractivity contribution in [2.45, 2.75) is 58.2 Å². The fraction of sp³-hybridized carbons (Fsp3) is 0.647. The number of ether oxygens (including phenoxy) is 1. The summed E-state index contributed by atoms with van der Waals surface area (Å²) in [6.07, 6.45) is 3.25. The molecule has 0 aliphatic carbocycles. The number of methoxy groups -OCH3 is 1. The van der Waals surface area contributed by atoms with Crippen LogP contribution in [-0.4, -0.2) is 35.7 Å². The summed E-state index contributed by atoms with van der Waals surface area (Å²) in [7, 11) is 1.66. The van der Waals surface area contributed by atoms with Crippen molar-refractivity contribution in [3.8, 4) is 5.75 Å². The summed E-state index contributed by atoms with van der Waals surface area (Å²) < 4.78 is 5.39. The number of hydrogen-bond donors (Lipinski definition) is 1. The van der Waals surface area contributed by atoms with Crippen LogP contribution < -0.4 is 4.74 Å². The highest BCUT2D eigenvalue weighted by molar-refractivity contribution is 5.38. The number of aliphatic hydroxyl groups excluding tert-OH is 1. The Labute approximate surface area is 122 Å². The van der Waals surface area contributed by atoms with Crippen LogP contribution in [0.3, 0.4) is 0 Å². The van der Waals surface area contributed by atoms with Gasteiger partial charge in [-0.05, 0) is 45.7 Å². The molecule has 1 aromatic carbocycles. The third-order valence-electron chi connectivity index (χ3n) is 4.50. The van der Waals surface area contributed by atoms with Crippen molar-refractivity contribution in [1.82, 2.24) is 4.90 Å². The second-order valence-corrected chi connectivity index (χ2v) is 6.09. The Morgan fingerprint density at radius 2 is 1.95 bits per heavy atom. The second-order valence-electron chi connectivity index (χ2n) is 6.09. The molecule has 0 spiro atoms. The maximum absolute atomic E-state index is 10.6. The van der Waals surface area contributed by atoms with Gasteiger partial charge in [-0.25, -0.2) is 0 Å². The van der Waals surface area contributed by atoms with Gasteiger partial charge in [0, 0.05) is 24.2 Å². The molecule has 1 aromatic rings. The quantitative estimate of drug-likeness (QED) is 0.916. The summed E-state index contributed by atoms with van der Waals surface area (Å²) in [5.74, 6) is 0.778. The average molecular weight is 277 g/mol. The van der Waals surface area contributed by atoms with Gasteiger partial charge in [-0.15, -0.1) is 0 Å². The molecule has 0 radical (unpaired) electrons. The highest BCUT2D eigenvalue weighted by atomic mass is 16.5. The van der Waals surface area contributed by atoms with Gasteiger partial charge in [0.15, 0.2) is 0 Å². The summed E-state index contributed by atoms with van der Waals surface area (Å²) in [6, 6.07) is 7.08. The van der Waals surface area contributed by atoms with Crippen LogP contribution in [-0.2, 0) is 0 Å². The maximum Gasteiger partial charge on any atom is 0.124 e. The van der Waals surface area contributed by atoms with Crippen molar-refractivity contribution in [2.24, 2.45) is 0 Å². The normalized spacial score (nSPS) is 25.4. The molecule has 1 fully saturated rings. The average Bonchev–Trinajstić information content (AvgIpc) is 2.43. The molecule has 3 atom stereocenters. The lowest BCUT2D eigenvalue weighted by molar-refractivity contribution is 0.0402. The molecule has 1 heterocycles. The molecule has 0 saturated carbocycles. The van der Waals surface area contributed by atoms with Gasteiger partial charge in [0.25, 0.3) is 0 Å². The number of piperidine rings is 1. The van der Waals surface area contributed by atoms with Gasteiger partial charge in [0.2, 0.25) is 0 Å². The topological polar surface area (TPSA) is 32.7 Å². The first-order chi connectivity index (χ1) is 9.52. The van der Waals surface area contributed by atoms with E-state index in [0.717, 1.165) is 16.9 Å². The van der Waals surface area contributed by atoms with Crippen LogP contribution in [0.25, 0.3) is 0 Å². The smallest absolute Gasteiger partial charge is 0.124 e. The van der Waals surface area contributed by atoms with E-state index in [4.69, 9.17) is 4.74 Å². The lowest BCUT2D eigenvalue weighted by Gasteiger charge is -2.40. The molecule has 3 nitrogen and oxygen atoms in total. The monoisotopic (exact) mass is 277 g/mol. The summed E-state index contributed by atoms with van der Waals surface area (Å²) in [5.41, 5.74) is 2.05. The number of benzene rings is 1. The van der Waals surface area contributed by atoms with E-state index in [-0.39, 0.29) is 0 Å². The molecule has 3 heteroatoms. The van der Waals surface area contributed by atoms with Crippen LogP contribution in [0, 0.1) is 6.92 Å². The first-order valence-corrected chi connectivity index (χ1v) is 7.61. The summed E-state index contributed by atoms with van der Waals surface area (Å²) >= 11 is 0. The maximum atomic E-state index is 10.6. The molecule has 1 aliphatic rings. The van der Waals surface area contributed by atoms with Gasteiger partial charge in [-0.2, -0.15) is 0 Å². The van der Waals surface area contributed by atoms with Crippen LogP contribution in [0.15, 0.2) is 18.2 Å². The molecule has 1 aliphatic heterocycles. The van der Waals surface area contributed by atoms with Crippen molar-refractivity contribution in [3.05, 3.63) is 29.3 Å². The molecule has 0 bridgehead atoms. The van der Waals surface area contributed by atoms with Crippen molar-refractivity contribution in [2.75, 3.05) is 13.7 Å². The largest absolute Gasteiger partial charge is 0.496 e. The minimum Gasteiger partial charge on any atom is -0.496 e. The van der Waals surface area contributed by atoms with Crippen molar-refractivity contribution in [1.29, 1.82) is 0 Å². The number of aliphatic hydroxyl groups is 1. The SMILES string of the molecule is COc1ccc(C)cc1C(O)CN1[C@H](C)CCC[C@@H]1C. The molecule has 1 N–H and O–H groups in total. The van der Waals surface area contributed by atoms with Gasteiger partial charge in [-0.1, -0.05) is 18.1 Å². The van der Waals surface area contributed by atoms with Gasteiger partial charge >= 0.3 is 0 Å². The lowest BCUT2D eigenvalue weighted by Crippen LogP contribution is -2.45. The van der Waals surface area contributed by atoms with Crippen LogP contribution >= 0.6 is 0 Å². The summed E-state index contributed by atoms with van der Waals surface area (Å²) in [4.78, 5) is 2.43. The molecule has 0 amide bonds. The Morgan fingerprint density at radius 3 is 2.55 bits per heavy atom. The Morgan fingerprint density at radius 1 is 1.30 bits per heavy atom.